The van der Waals surface area contributed by atoms with Crippen LogP contribution in [0.4, 0.5) is 0 Å². The van der Waals surface area contributed by atoms with Crippen molar-refractivity contribution in [2.75, 3.05) is 11.6 Å². The van der Waals surface area contributed by atoms with Gasteiger partial charge < -0.3 is 16.0 Å². The number of hydrogen-bond acceptors (Lipinski definition) is 4. The van der Waals surface area contributed by atoms with Crippen molar-refractivity contribution in [1.29, 1.82) is 0 Å². The lowest BCUT2D eigenvalue weighted by atomic mass is 9.94. The fourth-order valence-corrected chi connectivity index (χ4v) is 2.83. The molecule has 20 heavy (non-hydrogen) atoms. The average Bonchev–Trinajstić information content (AvgIpc) is 2.74. The zero-order valence-electron chi connectivity index (χ0n) is 12.1. The molecule has 1 unspecified atom stereocenters. The van der Waals surface area contributed by atoms with Gasteiger partial charge in [-0.2, -0.15) is 0 Å². The van der Waals surface area contributed by atoms with E-state index in [9.17, 15) is 14.4 Å². The predicted octanol–water partition coefficient (Wildman–Crippen LogP) is 0.346. The third-order valence-corrected chi connectivity index (χ3v) is 3.89. The van der Waals surface area contributed by atoms with Crippen LogP contribution >= 0.6 is 24.2 Å². The first-order valence-corrected chi connectivity index (χ1v) is 7.28. The molecule has 116 valence electrons. The Kier molecular flexibility index (Phi) is 6.83. The molecular weight excluding hydrogens is 302 g/mol. The Morgan fingerprint density at radius 3 is 2.35 bits per heavy atom. The van der Waals surface area contributed by atoms with Crippen LogP contribution in [0.1, 0.15) is 27.7 Å². The van der Waals surface area contributed by atoms with E-state index in [0.717, 1.165) is 0 Å². The minimum Gasteiger partial charge on any atom is -0.368 e. The summed E-state index contributed by atoms with van der Waals surface area (Å²) in [6.07, 6.45) is 0. The summed E-state index contributed by atoms with van der Waals surface area (Å²) >= 11 is 1.53. The molecule has 0 aromatic carbocycles. The first-order chi connectivity index (χ1) is 8.64. The molecule has 2 atom stereocenters. The summed E-state index contributed by atoms with van der Waals surface area (Å²) in [7, 11) is 0. The van der Waals surface area contributed by atoms with Crippen molar-refractivity contribution in [2.45, 2.75) is 39.8 Å². The minimum atomic E-state index is -0.732. The van der Waals surface area contributed by atoms with E-state index in [1.807, 2.05) is 20.8 Å². The SMILES string of the molecule is CC(NC(=O)[C@@H]1CSCN1C(=O)C(C)(C)C)C(N)=O.Cl. The maximum Gasteiger partial charge on any atom is 0.244 e. The first-order valence-electron chi connectivity index (χ1n) is 6.13. The number of carbonyl (C=O) groups is 3. The highest BCUT2D eigenvalue weighted by Gasteiger charge is 2.39. The molecule has 1 aliphatic rings. The number of nitrogens with one attached hydrogen (secondary N) is 1. The Bertz CT molecular complexity index is 398. The van der Waals surface area contributed by atoms with Crippen molar-refractivity contribution in [1.82, 2.24) is 10.2 Å². The molecule has 0 radical (unpaired) electrons. The van der Waals surface area contributed by atoms with Gasteiger partial charge in [0.05, 0.1) is 5.88 Å². The molecule has 0 aromatic heterocycles. The van der Waals surface area contributed by atoms with Gasteiger partial charge in [0.15, 0.2) is 0 Å². The van der Waals surface area contributed by atoms with Crippen LogP contribution in [0.15, 0.2) is 0 Å². The Morgan fingerprint density at radius 1 is 1.35 bits per heavy atom. The quantitative estimate of drug-likeness (QED) is 0.783. The largest absolute Gasteiger partial charge is 0.368 e. The average molecular weight is 324 g/mol. The zero-order chi connectivity index (χ0) is 14.8. The van der Waals surface area contributed by atoms with Gasteiger partial charge in [-0.3, -0.25) is 14.4 Å². The number of nitrogens with zero attached hydrogens (tertiary/aromatic N) is 1. The van der Waals surface area contributed by atoms with Crippen LogP contribution in [0.25, 0.3) is 0 Å². The van der Waals surface area contributed by atoms with E-state index in [-0.39, 0.29) is 24.2 Å². The second-order valence-electron chi connectivity index (χ2n) is 5.67. The standard InChI is InChI=1S/C12H21N3O3S.ClH/c1-7(9(13)16)14-10(17)8-5-19-6-15(8)11(18)12(2,3)4;/h7-8H,5-6H2,1-4H3,(H2,13,16)(H,14,17);1H/t7?,8-;/m0./s1. The topological polar surface area (TPSA) is 92.5 Å². The van der Waals surface area contributed by atoms with E-state index in [4.69, 9.17) is 5.73 Å². The summed E-state index contributed by atoms with van der Waals surface area (Å²) in [4.78, 5) is 36.8. The van der Waals surface area contributed by atoms with Gasteiger partial charge in [-0.1, -0.05) is 20.8 Å². The molecule has 8 heteroatoms. The summed E-state index contributed by atoms with van der Waals surface area (Å²) in [6, 6.07) is -1.26. The van der Waals surface area contributed by atoms with Crippen LogP contribution < -0.4 is 11.1 Å². The molecule has 3 N–H and O–H groups in total. The molecule has 3 amide bonds. The van der Waals surface area contributed by atoms with Crippen molar-refractivity contribution < 1.29 is 14.4 Å². The number of carbonyl (C=O) groups excluding carboxylic acids is 3. The van der Waals surface area contributed by atoms with E-state index in [1.165, 1.54) is 18.7 Å². The molecule has 1 saturated heterocycles. The van der Waals surface area contributed by atoms with Crippen molar-refractivity contribution in [3.05, 3.63) is 0 Å². The number of primary amides is 1. The van der Waals surface area contributed by atoms with Crippen molar-refractivity contribution >= 4 is 41.9 Å². The normalized spacial score (nSPS) is 20.0. The molecule has 1 rings (SSSR count). The second kappa shape index (κ2) is 7.17. The molecule has 1 aliphatic heterocycles. The number of thioether (sulfide) groups is 1. The zero-order valence-corrected chi connectivity index (χ0v) is 13.8. The van der Waals surface area contributed by atoms with Gasteiger partial charge in [0, 0.05) is 11.2 Å². The van der Waals surface area contributed by atoms with Crippen LogP contribution in [0.5, 0.6) is 0 Å². The monoisotopic (exact) mass is 323 g/mol. The summed E-state index contributed by atoms with van der Waals surface area (Å²) < 4.78 is 0. The van der Waals surface area contributed by atoms with Gasteiger partial charge in [-0.05, 0) is 6.92 Å². The molecule has 6 nitrogen and oxygen atoms in total. The fourth-order valence-electron chi connectivity index (χ4n) is 1.67. The molecule has 0 bridgehead atoms. The molecule has 1 heterocycles. The van der Waals surface area contributed by atoms with Crippen LogP contribution in [-0.2, 0) is 14.4 Å². The van der Waals surface area contributed by atoms with Gasteiger partial charge in [-0.25, -0.2) is 0 Å². The van der Waals surface area contributed by atoms with Gasteiger partial charge in [0.2, 0.25) is 17.7 Å². The first kappa shape index (κ1) is 19.1. The van der Waals surface area contributed by atoms with E-state index in [0.29, 0.717) is 11.6 Å². The molecule has 0 spiro atoms. The Morgan fingerprint density at radius 2 is 1.90 bits per heavy atom. The van der Waals surface area contributed by atoms with Crippen molar-refractivity contribution in [3.8, 4) is 0 Å². The van der Waals surface area contributed by atoms with Crippen molar-refractivity contribution in [3.63, 3.8) is 0 Å². The lowest BCUT2D eigenvalue weighted by Gasteiger charge is -2.29. The number of halogens is 1. The van der Waals surface area contributed by atoms with Crippen LogP contribution in [0, 0.1) is 5.41 Å². The van der Waals surface area contributed by atoms with Gasteiger partial charge >= 0.3 is 0 Å². The number of hydrogen-bond donors (Lipinski definition) is 2. The molecule has 0 aliphatic carbocycles. The molecule has 0 saturated carbocycles. The highest BCUT2D eigenvalue weighted by Crippen LogP contribution is 2.27. The second-order valence-corrected chi connectivity index (χ2v) is 6.67. The maximum absolute atomic E-state index is 12.2. The van der Waals surface area contributed by atoms with Crippen LogP contribution in [0.3, 0.4) is 0 Å². The summed E-state index contributed by atoms with van der Waals surface area (Å²) in [5, 5.41) is 2.54. The van der Waals surface area contributed by atoms with Crippen molar-refractivity contribution in [2.24, 2.45) is 11.1 Å². The van der Waals surface area contributed by atoms with E-state index in [1.54, 1.807) is 4.90 Å². The third-order valence-electron chi connectivity index (χ3n) is 2.87. The van der Waals surface area contributed by atoms with E-state index in [2.05, 4.69) is 5.32 Å². The third kappa shape index (κ3) is 4.56. The number of rotatable bonds is 3. The molecule has 1 fully saturated rings. The van der Waals surface area contributed by atoms with Gasteiger partial charge in [0.25, 0.3) is 0 Å². The lowest BCUT2D eigenvalue weighted by Crippen LogP contribution is -2.53. The van der Waals surface area contributed by atoms with E-state index >= 15 is 0 Å². The molecule has 0 aromatic rings. The fraction of sp³-hybridized carbons (Fsp3) is 0.750. The van der Waals surface area contributed by atoms with Crippen LogP contribution in [-0.4, -0.2) is 46.3 Å². The highest BCUT2D eigenvalue weighted by atomic mass is 35.5. The summed E-state index contributed by atoms with van der Waals surface area (Å²) in [6.45, 7) is 6.98. The Labute approximate surface area is 129 Å². The predicted molar refractivity (Wildman–Crippen MR) is 81.5 cm³/mol. The maximum atomic E-state index is 12.2. The summed E-state index contributed by atoms with van der Waals surface area (Å²) in [5.41, 5.74) is 4.58. The number of amides is 3. The Hall–Kier alpha value is -0.950. The van der Waals surface area contributed by atoms with Crippen LogP contribution in [0.2, 0.25) is 0 Å². The molecular formula is C12H22ClN3O3S. The van der Waals surface area contributed by atoms with Gasteiger partial charge in [0.1, 0.15) is 12.1 Å². The van der Waals surface area contributed by atoms with E-state index < -0.39 is 23.4 Å². The lowest BCUT2D eigenvalue weighted by molar-refractivity contribution is -0.144. The highest BCUT2D eigenvalue weighted by molar-refractivity contribution is 7.99. The van der Waals surface area contributed by atoms with Gasteiger partial charge in [-0.15, -0.1) is 24.2 Å². The number of nitrogens with two attached hydrogens (primary N) is 1. The smallest absolute Gasteiger partial charge is 0.244 e. The minimum absolute atomic E-state index is 0. The Balaban J connectivity index is 0.00000361. The summed E-state index contributed by atoms with van der Waals surface area (Å²) in [5.74, 6) is 0.0594.